The second kappa shape index (κ2) is 8.03. The molecule has 0 aliphatic rings. The van der Waals surface area contributed by atoms with Crippen molar-refractivity contribution in [3.05, 3.63) is 70.8 Å². The van der Waals surface area contributed by atoms with Crippen LogP contribution in [0.4, 0.5) is 5.69 Å². The number of hydrogen-bond donors (Lipinski definition) is 1. The number of hydrogen-bond acceptors (Lipinski definition) is 5. The van der Waals surface area contributed by atoms with E-state index < -0.39 is 0 Å². The first-order chi connectivity index (χ1) is 12.1. The number of rotatable bonds is 7. The predicted molar refractivity (Wildman–Crippen MR) is 98.1 cm³/mol. The lowest BCUT2D eigenvalue weighted by molar-refractivity contribution is 0.242. The third-order valence-corrected chi connectivity index (χ3v) is 3.75. The van der Waals surface area contributed by atoms with E-state index in [-0.39, 0.29) is 6.10 Å². The lowest BCUT2D eigenvalue weighted by atomic mass is 10.1. The Kier molecular flexibility index (Phi) is 5.56. The summed E-state index contributed by atoms with van der Waals surface area (Å²) in [5.41, 5.74) is 2.01. The molecule has 1 heterocycles. The van der Waals surface area contributed by atoms with Crippen LogP contribution in [0.15, 0.2) is 53.1 Å². The van der Waals surface area contributed by atoms with E-state index in [0.29, 0.717) is 35.5 Å². The molecule has 0 atom stereocenters. The Hall–Kier alpha value is -2.53. The van der Waals surface area contributed by atoms with Gasteiger partial charge < -0.3 is 14.6 Å². The van der Waals surface area contributed by atoms with E-state index in [4.69, 9.17) is 20.9 Å². The van der Waals surface area contributed by atoms with E-state index in [1.807, 2.05) is 62.4 Å². The monoisotopic (exact) mass is 357 g/mol. The molecule has 1 N–H and O–H groups in total. The van der Waals surface area contributed by atoms with Gasteiger partial charge in [0.05, 0.1) is 17.7 Å². The standard InChI is InChI=1S/C19H20ClN3O2/c1-13(2)24-17-9-8-15(11-16(17)20)21-12-19-22-18(23-25-19)10-14-6-4-3-5-7-14/h3-9,11,13,21H,10,12H2,1-2H3. The molecule has 1 aromatic heterocycles. The molecule has 6 heteroatoms. The molecule has 0 fully saturated rings. The van der Waals surface area contributed by atoms with E-state index in [1.165, 1.54) is 0 Å². The summed E-state index contributed by atoms with van der Waals surface area (Å²) in [5.74, 6) is 1.87. The van der Waals surface area contributed by atoms with Crippen molar-refractivity contribution in [2.75, 3.05) is 5.32 Å². The van der Waals surface area contributed by atoms with Crippen LogP contribution in [0.25, 0.3) is 0 Å². The average Bonchev–Trinajstić information content (AvgIpc) is 3.03. The summed E-state index contributed by atoms with van der Waals surface area (Å²) in [4.78, 5) is 4.40. The Morgan fingerprint density at radius 3 is 2.68 bits per heavy atom. The number of anilines is 1. The van der Waals surface area contributed by atoms with Crippen molar-refractivity contribution in [3.8, 4) is 5.75 Å². The quantitative estimate of drug-likeness (QED) is 0.663. The van der Waals surface area contributed by atoms with Crippen LogP contribution in [0, 0.1) is 0 Å². The smallest absolute Gasteiger partial charge is 0.245 e. The minimum atomic E-state index is 0.0812. The normalized spacial score (nSPS) is 10.9. The fourth-order valence-electron chi connectivity index (χ4n) is 2.35. The van der Waals surface area contributed by atoms with Crippen molar-refractivity contribution in [3.63, 3.8) is 0 Å². The zero-order chi connectivity index (χ0) is 17.6. The van der Waals surface area contributed by atoms with Gasteiger partial charge in [-0.2, -0.15) is 4.98 Å². The lowest BCUT2D eigenvalue weighted by Crippen LogP contribution is -2.06. The fraction of sp³-hybridized carbons (Fsp3) is 0.263. The number of ether oxygens (including phenoxy) is 1. The van der Waals surface area contributed by atoms with Crippen LogP contribution in [0.2, 0.25) is 5.02 Å². The summed E-state index contributed by atoms with van der Waals surface area (Å²) >= 11 is 6.23. The molecule has 25 heavy (non-hydrogen) atoms. The first-order valence-corrected chi connectivity index (χ1v) is 8.53. The number of halogens is 1. The summed E-state index contributed by atoms with van der Waals surface area (Å²) in [7, 11) is 0. The Morgan fingerprint density at radius 2 is 1.96 bits per heavy atom. The molecule has 0 unspecified atom stereocenters. The second-order valence-electron chi connectivity index (χ2n) is 5.93. The maximum Gasteiger partial charge on any atom is 0.245 e. The molecule has 0 radical (unpaired) electrons. The van der Waals surface area contributed by atoms with Crippen molar-refractivity contribution in [1.29, 1.82) is 0 Å². The van der Waals surface area contributed by atoms with E-state index in [0.717, 1.165) is 11.3 Å². The van der Waals surface area contributed by atoms with Gasteiger partial charge in [-0.1, -0.05) is 47.1 Å². The van der Waals surface area contributed by atoms with Gasteiger partial charge in [-0.25, -0.2) is 0 Å². The minimum absolute atomic E-state index is 0.0812. The highest BCUT2D eigenvalue weighted by atomic mass is 35.5. The molecule has 0 amide bonds. The molecule has 0 aliphatic heterocycles. The van der Waals surface area contributed by atoms with Gasteiger partial charge >= 0.3 is 0 Å². The molecule has 0 spiro atoms. The third-order valence-electron chi connectivity index (χ3n) is 3.45. The molecule has 130 valence electrons. The van der Waals surface area contributed by atoms with Crippen LogP contribution in [0.3, 0.4) is 0 Å². The molecule has 3 aromatic rings. The number of benzene rings is 2. The zero-order valence-corrected chi connectivity index (χ0v) is 15.0. The third kappa shape index (κ3) is 4.97. The SMILES string of the molecule is CC(C)Oc1ccc(NCc2nc(Cc3ccccc3)no2)cc1Cl. The van der Waals surface area contributed by atoms with Crippen LogP contribution < -0.4 is 10.1 Å². The van der Waals surface area contributed by atoms with Gasteiger partial charge in [0.1, 0.15) is 5.75 Å². The molecule has 3 rings (SSSR count). The Bertz CT molecular complexity index is 819. The summed E-state index contributed by atoms with van der Waals surface area (Å²) in [5, 5.41) is 7.80. The van der Waals surface area contributed by atoms with Crippen LogP contribution in [-0.4, -0.2) is 16.2 Å². The minimum Gasteiger partial charge on any atom is -0.489 e. The molecule has 0 bridgehead atoms. The maximum absolute atomic E-state index is 6.23. The summed E-state index contributed by atoms with van der Waals surface area (Å²) in [6.45, 7) is 4.36. The maximum atomic E-state index is 6.23. The van der Waals surface area contributed by atoms with E-state index in [2.05, 4.69) is 15.5 Å². The Morgan fingerprint density at radius 1 is 1.16 bits per heavy atom. The second-order valence-corrected chi connectivity index (χ2v) is 6.34. The van der Waals surface area contributed by atoms with Crippen molar-refractivity contribution in [1.82, 2.24) is 10.1 Å². The van der Waals surface area contributed by atoms with Crippen molar-refractivity contribution in [2.45, 2.75) is 32.9 Å². The Labute approximate surface area is 152 Å². The van der Waals surface area contributed by atoms with Gasteiger partial charge in [-0.05, 0) is 37.6 Å². The van der Waals surface area contributed by atoms with Crippen LogP contribution in [0.5, 0.6) is 5.75 Å². The summed E-state index contributed by atoms with van der Waals surface area (Å²) in [6, 6.07) is 15.6. The highest BCUT2D eigenvalue weighted by molar-refractivity contribution is 6.32. The highest BCUT2D eigenvalue weighted by Gasteiger charge is 2.09. The molecular weight excluding hydrogens is 338 g/mol. The number of nitrogens with one attached hydrogen (secondary N) is 1. The van der Waals surface area contributed by atoms with Gasteiger partial charge in [-0.15, -0.1) is 0 Å². The van der Waals surface area contributed by atoms with Crippen LogP contribution >= 0.6 is 11.6 Å². The van der Waals surface area contributed by atoms with Gasteiger partial charge in [0.2, 0.25) is 5.89 Å². The van der Waals surface area contributed by atoms with Crippen LogP contribution in [-0.2, 0) is 13.0 Å². The van der Waals surface area contributed by atoms with Crippen LogP contribution in [0.1, 0.15) is 31.1 Å². The number of nitrogens with zero attached hydrogens (tertiary/aromatic N) is 2. The average molecular weight is 358 g/mol. The molecule has 0 aliphatic carbocycles. The van der Waals surface area contributed by atoms with Gasteiger partial charge in [0, 0.05) is 12.1 Å². The first-order valence-electron chi connectivity index (χ1n) is 8.15. The molecule has 5 nitrogen and oxygen atoms in total. The predicted octanol–water partition coefficient (Wildman–Crippen LogP) is 4.71. The first kappa shape index (κ1) is 17.3. The topological polar surface area (TPSA) is 60.2 Å². The van der Waals surface area contributed by atoms with Crippen molar-refractivity contribution in [2.24, 2.45) is 0 Å². The largest absolute Gasteiger partial charge is 0.489 e. The van der Waals surface area contributed by atoms with E-state index in [1.54, 1.807) is 0 Å². The lowest BCUT2D eigenvalue weighted by Gasteiger charge is -2.12. The van der Waals surface area contributed by atoms with Crippen molar-refractivity contribution < 1.29 is 9.26 Å². The molecule has 0 saturated heterocycles. The Balaban J connectivity index is 1.58. The zero-order valence-electron chi connectivity index (χ0n) is 14.2. The fourth-order valence-corrected chi connectivity index (χ4v) is 2.58. The number of aromatic nitrogens is 2. The summed E-state index contributed by atoms with van der Waals surface area (Å²) < 4.78 is 10.9. The molecule has 2 aromatic carbocycles. The molecule has 0 saturated carbocycles. The van der Waals surface area contributed by atoms with Gasteiger partial charge in [0.25, 0.3) is 0 Å². The van der Waals surface area contributed by atoms with Crippen molar-refractivity contribution >= 4 is 17.3 Å². The highest BCUT2D eigenvalue weighted by Crippen LogP contribution is 2.28. The molecular formula is C19H20ClN3O2. The summed E-state index contributed by atoms with van der Waals surface area (Å²) in [6.07, 6.45) is 0.731. The van der Waals surface area contributed by atoms with Gasteiger partial charge in [-0.3, -0.25) is 0 Å². The van der Waals surface area contributed by atoms with Gasteiger partial charge in [0.15, 0.2) is 5.82 Å². The van der Waals surface area contributed by atoms with E-state index in [9.17, 15) is 0 Å². The van der Waals surface area contributed by atoms with E-state index >= 15 is 0 Å².